The zero-order valence-electron chi connectivity index (χ0n) is 74.8. The third-order valence-corrected chi connectivity index (χ3v) is 48.1. The molecule has 12 aromatic heterocycles. The van der Waals surface area contributed by atoms with Gasteiger partial charge in [-0.1, -0.05) is 232 Å². The van der Waals surface area contributed by atoms with Gasteiger partial charge in [0.1, 0.15) is 141 Å². The van der Waals surface area contributed by atoms with E-state index < -0.39 is 59.9 Å². The molecule has 15 nitrogen and oxygen atoms in total. The quantitative estimate of drug-likeness (QED) is 0.0858. The highest BCUT2D eigenvalue weighted by Gasteiger charge is 2.39. The molecular weight excluding hydrogens is 1930 g/mol. The predicted octanol–water partition coefficient (Wildman–Crippen LogP) is 38.5. The number of hydrogen-bond donors (Lipinski definition) is 0. The Kier molecular flexibility index (Phi) is 17.7. The Morgan fingerprint density at radius 3 is 0.769 bits per heavy atom. The molecule has 3 aliphatic heterocycles. The van der Waals surface area contributed by atoms with Crippen molar-refractivity contribution >= 4 is 318 Å². The van der Waals surface area contributed by atoms with Gasteiger partial charge < -0.3 is 67.2 Å². The molecule has 143 heavy (non-hydrogen) atoms. The Morgan fingerprint density at radius 1 is 0.133 bits per heavy atom. The zero-order valence-corrected chi connectivity index (χ0v) is 82.0. The van der Waals surface area contributed by atoms with Gasteiger partial charge in [0.25, 0.3) is 0 Å². The highest BCUT2D eigenvalue weighted by atomic mass is 31.1. The van der Waals surface area contributed by atoms with Crippen molar-refractivity contribution in [2.75, 3.05) is 0 Å². The molecule has 5 unspecified atom stereocenters. The van der Waals surface area contributed by atoms with E-state index in [4.69, 9.17) is 67.2 Å². The molecule has 15 heterocycles. The minimum atomic E-state index is -0.932. The topological polar surface area (TPSA) is 185 Å². The van der Waals surface area contributed by atoms with E-state index in [-0.39, 0.29) is 0 Å². The molecule has 0 fully saturated rings. The summed E-state index contributed by atoms with van der Waals surface area (Å²) in [4.78, 5) is 0. The van der Waals surface area contributed by atoms with Gasteiger partial charge >= 0.3 is 0 Å². The summed E-state index contributed by atoms with van der Waals surface area (Å²) >= 11 is 0. The zero-order chi connectivity index (χ0) is 93.1. The number of fused-ring (bicyclic) bond motifs is 33. The summed E-state index contributed by atoms with van der Waals surface area (Å²) < 4.78 is 97.4. The molecule has 0 saturated carbocycles. The highest BCUT2D eigenvalue weighted by Crippen LogP contribution is 2.64. The summed E-state index contributed by atoms with van der Waals surface area (Å²) in [5, 5.41) is 28.3. The van der Waals surface area contributed by atoms with E-state index in [9.17, 15) is 0 Å². The Balaban J connectivity index is 0.0000000856. The first-order valence-corrected chi connectivity index (χ1v) is 57.6. The average molecular weight is 2000 g/mol. The van der Waals surface area contributed by atoms with Crippen LogP contribution in [0.3, 0.4) is 0 Å². The molecule has 0 amide bonds. The fraction of sp³-hybridized carbons (Fsp3) is 0. The van der Waals surface area contributed by atoms with Crippen molar-refractivity contribution in [1.29, 1.82) is 0 Å². The van der Waals surface area contributed by atoms with E-state index in [1.807, 2.05) is 140 Å². The van der Waals surface area contributed by atoms with Crippen molar-refractivity contribution in [3.05, 3.63) is 400 Å². The molecular formula is C120H66O15P8. The smallest absolute Gasteiger partial charge is 0.186 e. The minimum absolute atomic E-state index is 0.757. The molecule has 5 atom stereocenters. The van der Waals surface area contributed by atoms with Crippen LogP contribution in [0.15, 0.2) is 453 Å². The number of rotatable bonds is 1. The van der Waals surface area contributed by atoms with Crippen LogP contribution in [-0.2, 0) is 0 Å². The van der Waals surface area contributed by atoms with Crippen molar-refractivity contribution in [3.8, 4) is 34.5 Å². The Hall–Kier alpha value is -15.9. The summed E-state index contributed by atoms with van der Waals surface area (Å²) in [7, 11) is -6.85. The second-order valence-electron chi connectivity index (χ2n) is 35.6. The van der Waals surface area contributed by atoms with E-state index in [1.165, 1.54) is 77.9 Å². The average Bonchev–Trinajstić information content (AvgIpc) is 0.679. The van der Waals surface area contributed by atoms with Crippen molar-refractivity contribution in [3.63, 3.8) is 0 Å². The summed E-state index contributed by atoms with van der Waals surface area (Å²) in [5.74, 6) is 5.56. The van der Waals surface area contributed by atoms with E-state index >= 15 is 0 Å². The standard InChI is InChI=1S/3C30H16O4P2.C30H18O3P2/c1-5-13-21-17(9-1)31-25-26-30-28(27-29(25)35(21)22-14-6-2-10-18(22)33-27)34-20-12-4-8-16-24(20)36(30)23-15-7-3-11-19(23)32-26;1-3-13-24-17(7-1)31-19-9-6-12-22-28(19)35(24)26-16-15-23-30(27(26)34-22)36-25-14-4-2-8-18(25)32-20-10-5-11-21(33-23)29(20)36;1-3-13-25-17(7-1)31-19-9-5-11-21-29(19)35(25)27-15-24-28(16-23(27)33-21)36-26-14-4-2-8-18(26)32-20-10-6-12-22(34-24)30(20)36;1-4-13-26-20(8-1)31-21-9-2-5-14-27(21)34(26)19-16-17-23-29(18-19)35-28-15-6-3-10-22(28)32-24-11-7-12-25(33-23)30(24)35/h3*1-16H;1-18H. The van der Waals surface area contributed by atoms with E-state index in [0.29, 0.717) is 0 Å². The molecule has 0 N–H and O–H groups in total. The number of benzene rings is 20. The van der Waals surface area contributed by atoms with Gasteiger partial charge in [0.2, 0.25) is 0 Å². The van der Waals surface area contributed by atoms with Gasteiger partial charge in [-0.25, -0.2) is 0 Å². The van der Waals surface area contributed by atoms with Gasteiger partial charge in [0.15, 0.2) is 27.9 Å². The first-order valence-electron chi connectivity index (χ1n) is 46.9. The first-order chi connectivity index (χ1) is 70.9. The second-order valence-corrected chi connectivity index (χ2v) is 52.3. The van der Waals surface area contributed by atoms with Crippen LogP contribution in [0.25, 0.3) is 226 Å². The van der Waals surface area contributed by atoms with Crippen LogP contribution in [0, 0.1) is 0 Å². The third kappa shape index (κ3) is 12.1. The van der Waals surface area contributed by atoms with Gasteiger partial charge in [-0.05, 0) is 226 Å². The van der Waals surface area contributed by atoms with Gasteiger partial charge in [-0.15, -0.1) is 0 Å². The van der Waals surface area contributed by atoms with E-state index in [1.54, 1.807) is 0 Å². The lowest BCUT2D eigenvalue weighted by Crippen LogP contribution is -2.34. The molecule has 0 aliphatic carbocycles. The molecule has 0 radical (unpaired) electrons. The van der Waals surface area contributed by atoms with Crippen LogP contribution in [0.2, 0.25) is 0 Å². The summed E-state index contributed by atoms with van der Waals surface area (Å²) in [6.45, 7) is 0. The first kappa shape index (κ1) is 80.8. The largest absolute Gasteiger partial charge is 0.456 e. The molecule has 0 spiro atoms. The van der Waals surface area contributed by atoms with Crippen molar-refractivity contribution < 1.29 is 67.2 Å². The van der Waals surface area contributed by atoms with Gasteiger partial charge in [0, 0.05) is 85.4 Å². The molecule has 20 aromatic carbocycles. The van der Waals surface area contributed by atoms with Crippen LogP contribution < -0.4 is 46.0 Å². The number of ether oxygens (including phenoxy) is 3. The molecule has 676 valence electrons. The molecule has 0 bridgehead atoms. The van der Waals surface area contributed by atoms with Gasteiger partial charge in [0.05, 0.1) is 41.1 Å². The van der Waals surface area contributed by atoms with Crippen molar-refractivity contribution in [2.24, 2.45) is 0 Å². The highest BCUT2D eigenvalue weighted by molar-refractivity contribution is 7.82. The molecule has 0 saturated heterocycles. The maximum atomic E-state index is 6.80. The maximum Gasteiger partial charge on any atom is 0.186 e. The lowest BCUT2D eigenvalue weighted by Gasteiger charge is -2.35. The van der Waals surface area contributed by atoms with Crippen LogP contribution in [0.5, 0.6) is 34.5 Å². The van der Waals surface area contributed by atoms with Gasteiger partial charge in [-0.3, -0.25) is 0 Å². The maximum absolute atomic E-state index is 6.80. The molecule has 23 heteroatoms. The third-order valence-electron chi connectivity index (χ3n) is 27.6. The van der Waals surface area contributed by atoms with Crippen LogP contribution >= 0.6 is 59.9 Å². The normalized spacial score (nSPS) is 13.9. The lowest BCUT2D eigenvalue weighted by molar-refractivity contribution is 0.466. The predicted molar refractivity (Wildman–Crippen MR) is 593 cm³/mol. The van der Waals surface area contributed by atoms with Crippen LogP contribution in [-0.4, -0.2) is 0 Å². The fourth-order valence-electron chi connectivity index (χ4n) is 21.7. The summed E-state index contributed by atoms with van der Waals surface area (Å²) in [6.07, 6.45) is 0. The summed E-state index contributed by atoms with van der Waals surface area (Å²) in [6, 6.07) is 138. The Bertz CT molecular complexity index is 10800. The van der Waals surface area contributed by atoms with E-state index in [0.717, 1.165) is 215 Å². The van der Waals surface area contributed by atoms with Crippen LogP contribution in [0.1, 0.15) is 0 Å². The SMILES string of the molecule is c1ccc2c(c1)Oc1ccccc1P2c1ccc2c(c1)P1c3ccccc3Oc3cccc(c31)O2.c1ccc2c(c1)oc1c3oc4ccccc4p4c5ccccc5oc(c5oc6ccccc6p2c15)c34.c1ccc2c(c1)oc1cccc3oc4c(ccc5oc6cccc7oc8ccccc8p(c76)c54)p2c13.c1ccc2c(c1)oc1cccc3oc4cc5c(cc4p2c13)oc1cccc2oc3ccccc3p5c21. The Morgan fingerprint density at radius 2 is 0.385 bits per heavy atom. The second kappa shape index (κ2) is 31.3. The Labute approximate surface area is 813 Å². The number of para-hydroxylation sites is 11. The lowest BCUT2D eigenvalue weighted by atomic mass is 10.2. The fourth-order valence-corrected chi connectivity index (χ4v) is 42.5. The van der Waals surface area contributed by atoms with Crippen molar-refractivity contribution in [2.45, 2.75) is 0 Å². The molecule has 35 rings (SSSR count). The molecule has 32 aromatic rings. The minimum Gasteiger partial charge on any atom is -0.456 e. The van der Waals surface area contributed by atoms with Gasteiger partial charge in [-0.2, -0.15) is 0 Å². The van der Waals surface area contributed by atoms with Crippen LogP contribution in [0.4, 0.5) is 0 Å². The molecule has 3 aliphatic rings. The van der Waals surface area contributed by atoms with E-state index in [2.05, 4.69) is 261 Å². The van der Waals surface area contributed by atoms with Crippen molar-refractivity contribution in [1.82, 2.24) is 0 Å². The number of hydrogen-bond acceptors (Lipinski definition) is 15. The monoisotopic (exact) mass is 1990 g/mol. The summed E-state index contributed by atoms with van der Waals surface area (Å²) in [5.41, 5.74) is 20.7.